The Kier molecular flexibility index (Phi) is 2.84. The standard InChI is InChI=1S/C8H5F3N2O3/c9-8(10,11)5-2-1-4(7(12)14)3-6(5)13(15)16/h1-3H,(H2,12,14). The van der Waals surface area contributed by atoms with Crippen LogP contribution in [0.4, 0.5) is 18.9 Å². The maximum atomic E-state index is 12.3. The Labute approximate surface area is 86.8 Å². The Morgan fingerprint density at radius 2 is 1.94 bits per heavy atom. The van der Waals surface area contributed by atoms with Gasteiger partial charge in [0.2, 0.25) is 5.91 Å². The first-order valence-electron chi connectivity index (χ1n) is 3.89. The second kappa shape index (κ2) is 3.80. The summed E-state index contributed by atoms with van der Waals surface area (Å²) in [5.74, 6) is -1.03. The number of carbonyl (C=O) groups is 1. The molecule has 0 unspecified atom stereocenters. The predicted molar refractivity (Wildman–Crippen MR) is 46.6 cm³/mol. The number of nitro benzene ring substituents is 1. The highest BCUT2D eigenvalue weighted by Gasteiger charge is 2.38. The normalized spacial score (nSPS) is 11.2. The average molecular weight is 234 g/mol. The van der Waals surface area contributed by atoms with Gasteiger partial charge < -0.3 is 5.73 Å². The summed E-state index contributed by atoms with van der Waals surface area (Å²) in [5, 5.41) is 10.4. The average Bonchev–Trinajstić information content (AvgIpc) is 2.15. The molecule has 0 spiro atoms. The van der Waals surface area contributed by atoms with Crippen molar-refractivity contribution >= 4 is 11.6 Å². The number of halogens is 3. The van der Waals surface area contributed by atoms with Crippen LogP contribution in [0.2, 0.25) is 0 Å². The largest absolute Gasteiger partial charge is 0.422 e. The highest BCUT2D eigenvalue weighted by Crippen LogP contribution is 2.36. The summed E-state index contributed by atoms with van der Waals surface area (Å²) in [6.45, 7) is 0. The van der Waals surface area contributed by atoms with Crippen molar-refractivity contribution in [3.05, 3.63) is 39.4 Å². The summed E-state index contributed by atoms with van der Waals surface area (Å²) in [6.07, 6.45) is -4.85. The zero-order valence-corrected chi connectivity index (χ0v) is 7.62. The number of hydrogen-bond donors (Lipinski definition) is 1. The van der Waals surface area contributed by atoms with E-state index in [1.165, 1.54) is 0 Å². The molecule has 0 radical (unpaired) electrons. The van der Waals surface area contributed by atoms with Gasteiger partial charge in [0, 0.05) is 11.6 Å². The predicted octanol–water partition coefficient (Wildman–Crippen LogP) is 1.71. The van der Waals surface area contributed by atoms with E-state index in [1.807, 2.05) is 0 Å². The van der Waals surface area contributed by atoms with Crippen LogP contribution in [0.5, 0.6) is 0 Å². The van der Waals surface area contributed by atoms with Crippen LogP contribution in [0, 0.1) is 10.1 Å². The van der Waals surface area contributed by atoms with Gasteiger partial charge >= 0.3 is 6.18 Å². The van der Waals surface area contributed by atoms with Crippen molar-refractivity contribution in [3.8, 4) is 0 Å². The molecule has 8 heteroatoms. The van der Waals surface area contributed by atoms with Crippen molar-refractivity contribution in [2.45, 2.75) is 6.18 Å². The molecule has 16 heavy (non-hydrogen) atoms. The minimum Gasteiger partial charge on any atom is -0.366 e. The molecule has 5 nitrogen and oxygen atoms in total. The molecule has 1 aromatic carbocycles. The molecule has 1 amide bonds. The molecule has 1 aromatic rings. The van der Waals surface area contributed by atoms with Gasteiger partial charge in [-0.25, -0.2) is 0 Å². The highest BCUT2D eigenvalue weighted by molar-refractivity contribution is 5.93. The van der Waals surface area contributed by atoms with Gasteiger partial charge in [-0.1, -0.05) is 0 Å². The molecule has 0 fully saturated rings. The number of hydrogen-bond acceptors (Lipinski definition) is 3. The lowest BCUT2D eigenvalue weighted by Crippen LogP contribution is -2.14. The molecule has 0 saturated carbocycles. The molecule has 0 heterocycles. The number of carbonyl (C=O) groups excluding carboxylic acids is 1. The summed E-state index contributed by atoms with van der Waals surface area (Å²) >= 11 is 0. The van der Waals surface area contributed by atoms with Crippen LogP contribution in [0.1, 0.15) is 15.9 Å². The number of nitrogens with zero attached hydrogens (tertiary/aromatic N) is 1. The number of primary amides is 1. The lowest BCUT2D eigenvalue weighted by Gasteiger charge is -2.07. The minimum absolute atomic E-state index is 0.347. The van der Waals surface area contributed by atoms with Crippen molar-refractivity contribution in [2.75, 3.05) is 0 Å². The van der Waals surface area contributed by atoms with Gasteiger partial charge in [0.25, 0.3) is 5.69 Å². The summed E-state index contributed by atoms with van der Waals surface area (Å²) in [5.41, 5.74) is 1.85. The van der Waals surface area contributed by atoms with Gasteiger partial charge in [-0.3, -0.25) is 14.9 Å². The van der Waals surface area contributed by atoms with E-state index in [0.29, 0.717) is 12.1 Å². The van der Waals surface area contributed by atoms with Crippen molar-refractivity contribution in [1.29, 1.82) is 0 Å². The summed E-state index contributed by atoms with van der Waals surface area (Å²) in [7, 11) is 0. The van der Waals surface area contributed by atoms with Crippen molar-refractivity contribution in [1.82, 2.24) is 0 Å². The van der Waals surface area contributed by atoms with Gasteiger partial charge in [-0.05, 0) is 12.1 Å². The first-order valence-corrected chi connectivity index (χ1v) is 3.89. The minimum atomic E-state index is -4.85. The molecule has 1 rings (SSSR count). The number of nitro groups is 1. The van der Waals surface area contributed by atoms with Crippen LogP contribution in [0.3, 0.4) is 0 Å². The number of nitrogens with two attached hydrogens (primary N) is 1. The van der Waals surface area contributed by atoms with Gasteiger partial charge in [0.05, 0.1) is 4.92 Å². The van der Waals surface area contributed by atoms with Crippen LogP contribution >= 0.6 is 0 Å². The van der Waals surface area contributed by atoms with Gasteiger partial charge in [-0.2, -0.15) is 13.2 Å². The Bertz CT molecular complexity index is 456. The maximum absolute atomic E-state index is 12.3. The maximum Gasteiger partial charge on any atom is 0.422 e. The second-order valence-corrected chi connectivity index (χ2v) is 2.85. The zero-order chi connectivity index (χ0) is 12.5. The van der Waals surface area contributed by atoms with Gasteiger partial charge in [-0.15, -0.1) is 0 Å². The summed E-state index contributed by atoms with van der Waals surface area (Å²) < 4.78 is 37.0. The third-order valence-corrected chi connectivity index (χ3v) is 1.78. The van der Waals surface area contributed by atoms with E-state index in [9.17, 15) is 28.1 Å². The lowest BCUT2D eigenvalue weighted by molar-refractivity contribution is -0.388. The molecule has 0 saturated heterocycles. The molecule has 0 atom stereocenters. The number of rotatable bonds is 2. The SMILES string of the molecule is NC(=O)c1ccc(C(F)(F)F)c([N+](=O)[O-])c1. The number of benzene rings is 1. The Morgan fingerprint density at radius 3 is 2.31 bits per heavy atom. The monoisotopic (exact) mass is 234 g/mol. The van der Waals surface area contributed by atoms with Crippen LogP contribution in [-0.2, 0) is 6.18 Å². The van der Waals surface area contributed by atoms with E-state index in [0.717, 1.165) is 6.07 Å². The molecule has 0 aromatic heterocycles. The van der Waals surface area contributed by atoms with Crippen LogP contribution < -0.4 is 5.73 Å². The third kappa shape index (κ3) is 2.27. The van der Waals surface area contributed by atoms with E-state index >= 15 is 0 Å². The van der Waals surface area contributed by atoms with Crippen LogP contribution in [0.25, 0.3) is 0 Å². The fraction of sp³-hybridized carbons (Fsp3) is 0.125. The quantitative estimate of drug-likeness (QED) is 0.624. The van der Waals surface area contributed by atoms with E-state index in [4.69, 9.17) is 5.73 Å². The molecule has 2 N–H and O–H groups in total. The Balaban J connectivity index is 3.43. The molecule has 0 aliphatic carbocycles. The fourth-order valence-electron chi connectivity index (χ4n) is 1.08. The second-order valence-electron chi connectivity index (χ2n) is 2.85. The smallest absolute Gasteiger partial charge is 0.366 e. The van der Waals surface area contributed by atoms with E-state index < -0.39 is 28.3 Å². The molecular formula is C8H5F3N2O3. The van der Waals surface area contributed by atoms with E-state index in [1.54, 1.807) is 0 Å². The van der Waals surface area contributed by atoms with Gasteiger partial charge in [0.1, 0.15) is 5.56 Å². The first-order chi connectivity index (χ1) is 7.23. The Morgan fingerprint density at radius 1 is 1.38 bits per heavy atom. The van der Waals surface area contributed by atoms with Crippen LogP contribution in [0.15, 0.2) is 18.2 Å². The first kappa shape index (κ1) is 12.0. The van der Waals surface area contributed by atoms with E-state index in [-0.39, 0.29) is 5.56 Å². The highest BCUT2D eigenvalue weighted by atomic mass is 19.4. The molecule has 86 valence electrons. The van der Waals surface area contributed by atoms with E-state index in [2.05, 4.69) is 0 Å². The molecule has 0 aliphatic heterocycles. The lowest BCUT2D eigenvalue weighted by atomic mass is 10.1. The third-order valence-electron chi connectivity index (χ3n) is 1.78. The number of alkyl halides is 3. The Hall–Kier alpha value is -2.12. The molecule has 0 bridgehead atoms. The van der Waals surface area contributed by atoms with Gasteiger partial charge in [0.15, 0.2) is 0 Å². The fourth-order valence-corrected chi connectivity index (χ4v) is 1.08. The molecular weight excluding hydrogens is 229 g/mol. The number of amides is 1. The molecule has 0 aliphatic rings. The van der Waals surface area contributed by atoms with Crippen molar-refractivity contribution in [2.24, 2.45) is 5.73 Å². The van der Waals surface area contributed by atoms with Crippen molar-refractivity contribution < 1.29 is 22.9 Å². The van der Waals surface area contributed by atoms with Crippen LogP contribution in [-0.4, -0.2) is 10.8 Å². The summed E-state index contributed by atoms with van der Waals surface area (Å²) in [4.78, 5) is 19.8. The zero-order valence-electron chi connectivity index (χ0n) is 7.62. The summed E-state index contributed by atoms with van der Waals surface area (Å²) in [6, 6.07) is 1.75. The topological polar surface area (TPSA) is 86.2 Å². The van der Waals surface area contributed by atoms with Crippen molar-refractivity contribution in [3.63, 3.8) is 0 Å².